The van der Waals surface area contributed by atoms with Crippen LogP contribution in [0.4, 0.5) is 11.4 Å². The van der Waals surface area contributed by atoms with Crippen LogP contribution in [0, 0.1) is 0 Å². The molecule has 0 spiro atoms. The molecule has 1 heterocycles. The Morgan fingerprint density at radius 2 is 1.88 bits per heavy atom. The average Bonchev–Trinajstić information content (AvgIpc) is 2.64. The molecule has 132 valence electrons. The zero-order valence-electron chi connectivity index (χ0n) is 14.9. The lowest BCUT2D eigenvalue weighted by Gasteiger charge is -2.38. The summed E-state index contributed by atoms with van der Waals surface area (Å²) < 4.78 is 10.9. The number of nitrogens with zero attached hydrogens (tertiary/aromatic N) is 1. The van der Waals surface area contributed by atoms with Gasteiger partial charge in [-0.15, -0.1) is 0 Å². The lowest BCUT2D eigenvalue weighted by molar-refractivity contribution is 0.0344. The molecule has 5 heteroatoms. The van der Waals surface area contributed by atoms with Gasteiger partial charge >= 0.3 is 0 Å². The summed E-state index contributed by atoms with van der Waals surface area (Å²) in [6.45, 7) is 5.84. The molecule has 5 nitrogen and oxygen atoms in total. The van der Waals surface area contributed by atoms with Crippen LogP contribution < -0.4 is 15.0 Å². The number of methoxy groups -OCH3 is 1. The SMILES string of the molecule is COc1ccccc1C(=O)Nc1ccc(N2CC(C)OCC2C)cc1. The highest BCUT2D eigenvalue weighted by Crippen LogP contribution is 2.24. The van der Waals surface area contributed by atoms with E-state index in [9.17, 15) is 4.79 Å². The van der Waals surface area contributed by atoms with Crippen LogP contribution in [-0.4, -0.2) is 38.3 Å². The number of hydrogen-bond acceptors (Lipinski definition) is 4. The zero-order valence-corrected chi connectivity index (χ0v) is 14.9. The van der Waals surface area contributed by atoms with E-state index in [0.717, 1.165) is 24.5 Å². The van der Waals surface area contributed by atoms with Crippen LogP contribution in [0.2, 0.25) is 0 Å². The van der Waals surface area contributed by atoms with Crippen molar-refractivity contribution in [2.45, 2.75) is 26.0 Å². The van der Waals surface area contributed by atoms with Crippen molar-refractivity contribution in [2.24, 2.45) is 0 Å². The number of hydrogen-bond donors (Lipinski definition) is 1. The van der Waals surface area contributed by atoms with E-state index in [-0.39, 0.29) is 12.0 Å². The summed E-state index contributed by atoms with van der Waals surface area (Å²) in [6, 6.07) is 15.4. The lowest BCUT2D eigenvalue weighted by atomic mass is 10.1. The number of morpholine rings is 1. The van der Waals surface area contributed by atoms with Crippen molar-refractivity contribution in [3.63, 3.8) is 0 Å². The van der Waals surface area contributed by atoms with Crippen LogP contribution in [0.3, 0.4) is 0 Å². The third kappa shape index (κ3) is 3.94. The van der Waals surface area contributed by atoms with E-state index in [1.54, 1.807) is 19.2 Å². The predicted octanol–water partition coefficient (Wildman–Crippen LogP) is 3.56. The molecule has 2 unspecified atom stereocenters. The van der Waals surface area contributed by atoms with Gasteiger partial charge in [0, 0.05) is 24.0 Å². The first-order valence-corrected chi connectivity index (χ1v) is 8.51. The molecule has 2 atom stereocenters. The number of nitrogens with one attached hydrogen (secondary N) is 1. The van der Waals surface area contributed by atoms with E-state index in [1.807, 2.05) is 36.4 Å². The third-order valence-corrected chi connectivity index (χ3v) is 4.42. The maximum Gasteiger partial charge on any atom is 0.259 e. The molecule has 1 aliphatic rings. The van der Waals surface area contributed by atoms with Crippen molar-refractivity contribution < 1.29 is 14.3 Å². The van der Waals surface area contributed by atoms with Gasteiger partial charge in [0.25, 0.3) is 5.91 Å². The van der Waals surface area contributed by atoms with Gasteiger partial charge in [0.15, 0.2) is 0 Å². The summed E-state index contributed by atoms with van der Waals surface area (Å²) in [5, 5.41) is 2.92. The molecule has 0 aromatic heterocycles. The van der Waals surface area contributed by atoms with E-state index < -0.39 is 0 Å². The van der Waals surface area contributed by atoms with Crippen molar-refractivity contribution in [2.75, 3.05) is 30.5 Å². The highest BCUT2D eigenvalue weighted by atomic mass is 16.5. The molecule has 25 heavy (non-hydrogen) atoms. The van der Waals surface area contributed by atoms with Crippen LogP contribution in [0.1, 0.15) is 24.2 Å². The second kappa shape index (κ2) is 7.57. The second-order valence-corrected chi connectivity index (χ2v) is 6.35. The van der Waals surface area contributed by atoms with Crippen molar-refractivity contribution in [1.29, 1.82) is 0 Å². The Hall–Kier alpha value is -2.53. The summed E-state index contributed by atoms with van der Waals surface area (Å²) in [7, 11) is 1.56. The first-order chi connectivity index (χ1) is 12.1. The van der Waals surface area contributed by atoms with Crippen LogP contribution in [0.15, 0.2) is 48.5 Å². The molecule has 0 radical (unpaired) electrons. The van der Waals surface area contributed by atoms with Gasteiger partial charge in [0.05, 0.1) is 25.4 Å². The lowest BCUT2D eigenvalue weighted by Crippen LogP contribution is -2.47. The second-order valence-electron chi connectivity index (χ2n) is 6.35. The van der Waals surface area contributed by atoms with Crippen molar-refractivity contribution in [1.82, 2.24) is 0 Å². The molecule has 1 fully saturated rings. The molecule has 3 rings (SSSR count). The van der Waals surface area contributed by atoms with Crippen LogP contribution in [-0.2, 0) is 4.74 Å². The molecule has 2 aromatic carbocycles. The fourth-order valence-corrected chi connectivity index (χ4v) is 3.03. The first-order valence-electron chi connectivity index (χ1n) is 8.51. The first kappa shape index (κ1) is 17.3. The summed E-state index contributed by atoms with van der Waals surface area (Å²) in [5.74, 6) is 0.381. The monoisotopic (exact) mass is 340 g/mol. The van der Waals surface area contributed by atoms with Gasteiger partial charge in [-0.05, 0) is 50.2 Å². The smallest absolute Gasteiger partial charge is 0.259 e. The minimum atomic E-state index is -0.182. The number of carbonyl (C=O) groups excluding carboxylic acids is 1. The molecule has 2 aromatic rings. The van der Waals surface area contributed by atoms with E-state index >= 15 is 0 Å². The average molecular weight is 340 g/mol. The number of benzene rings is 2. The number of para-hydroxylation sites is 1. The van der Waals surface area contributed by atoms with Gasteiger partial charge < -0.3 is 19.7 Å². The molecule has 1 saturated heterocycles. The molecule has 1 N–H and O–H groups in total. The van der Waals surface area contributed by atoms with E-state index in [4.69, 9.17) is 9.47 Å². The Morgan fingerprint density at radius 1 is 1.16 bits per heavy atom. The maximum absolute atomic E-state index is 12.5. The topological polar surface area (TPSA) is 50.8 Å². The minimum absolute atomic E-state index is 0.182. The summed E-state index contributed by atoms with van der Waals surface area (Å²) in [5.41, 5.74) is 2.41. The van der Waals surface area contributed by atoms with Gasteiger partial charge in [0.2, 0.25) is 0 Å². The molecule has 0 aliphatic carbocycles. The molecule has 1 aliphatic heterocycles. The Labute approximate surface area is 148 Å². The summed E-state index contributed by atoms with van der Waals surface area (Å²) >= 11 is 0. The van der Waals surface area contributed by atoms with Crippen molar-refractivity contribution in [3.05, 3.63) is 54.1 Å². The summed E-state index contributed by atoms with van der Waals surface area (Å²) in [6.07, 6.45) is 0.223. The van der Waals surface area contributed by atoms with Crippen LogP contribution >= 0.6 is 0 Å². The molecule has 0 bridgehead atoms. The third-order valence-electron chi connectivity index (χ3n) is 4.42. The van der Waals surface area contributed by atoms with E-state index in [1.165, 1.54) is 0 Å². The minimum Gasteiger partial charge on any atom is -0.496 e. The number of rotatable bonds is 4. The van der Waals surface area contributed by atoms with E-state index in [0.29, 0.717) is 17.4 Å². The normalized spacial score (nSPS) is 20.2. The Bertz CT molecular complexity index is 730. The van der Waals surface area contributed by atoms with Gasteiger partial charge in [0.1, 0.15) is 5.75 Å². The quantitative estimate of drug-likeness (QED) is 0.924. The van der Waals surface area contributed by atoms with Gasteiger partial charge in [-0.2, -0.15) is 0 Å². The van der Waals surface area contributed by atoms with Gasteiger partial charge in [-0.3, -0.25) is 4.79 Å². The molecular weight excluding hydrogens is 316 g/mol. The fourth-order valence-electron chi connectivity index (χ4n) is 3.03. The number of anilines is 2. The Balaban J connectivity index is 1.71. The van der Waals surface area contributed by atoms with Crippen molar-refractivity contribution >= 4 is 17.3 Å². The number of carbonyl (C=O) groups is 1. The van der Waals surface area contributed by atoms with Gasteiger partial charge in [-0.25, -0.2) is 0 Å². The van der Waals surface area contributed by atoms with Crippen molar-refractivity contribution in [3.8, 4) is 5.75 Å². The standard InChI is InChI=1S/C20H24N2O3/c1-14-13-25-15(2)12-22(14)17-10-8-16(9-11-17)21-20(23)18-6-4-5-7-19(18)24-3/h4-11,14-15H,12-13H2,1-3H3,(H,21,23). The fraction of sp³-hybridized carbons (Fsp3) is 0.350. The molecule has 1 amide bonds. The van der Waals surface area contributed by atoms with E-state index in [2.05, 4.69) is 24.1 Å². The highest BCUT2D eigenvalue weighted by Gasteiger charge is 2.23. The Morgan fingerprint density at radius 3 is 2.60 bits per heavy atom. The number of ether oxygens (including phenoxy) is 2. The van der Waals surface area contributed by atoms with Gasteiger partial charge in [-0.1, -0.05) is 12.1 Å². The zero-order chi connectivity index (χ0) is 17.8. The van der Waals surface area contributed by atoms with Crippen LogP contribution in [0.25, 0.3) is 0 Å². The maximum atomic E-state index is 12.5. The van der Waals surface area contributed by atoms with Crippen LogP contribution in [0.5, 0.6) is 5.75 Å². The Kier molecular flexibility index (Phi) is 5.24. The summed E-state index contributed by atoms with van der Waals surface area (Å²) in [4.78, 5) is 14.8. The number of amides is 1. The largest absolute Gasteiger partial charge is 0.496 e. The predicted molar refractivity (Wildman–Crippen MR) is 99.6 cm³/mol. The molecule has 0 saturated carbocycles. The highest BCUT2D eigenvalue weighted by molar-refractivity contribution is 6.06. The molecular formula is C20H24N2O3.